The summed E-state index contributed by atoms with van der Waals surface area (Å²) >= 11 is 5.31. The number of nitrogens with one attached hydrogen (secondary N) is 2. The van der Waals surface area contributed by atoms with E-state index >= 15 is 0 Å². The quantitative estimate of drug-likeness (QED) is 0.506. The monoisotopic (exact) mass is 388 g/mol. The van der Waals surface area contributed by atoms with Crippen LogP contribution in [0.5, 0.6) is 11.5 Å². The van der Waals surface area contributed by atoms with E-state index in [1.807, 2.05) is 6.07 Å². The Kier molecular flexibility index (Phi) is 3.98. The summed E-state index contributed by atoms with van der Waals surface area (Å²) in [7, 11) is 0. The highest BCUT2D eigenvalue weighted by Gasteiger charge is 2.19. The molecule has 0 saturated heterocycles. The minimum Gasteiger partial charge on any atom is -0.454 e. The number of thiocarbonyl (C=S) groups is 1. The zero-order valence-corrected chi connectivity index (χ0v) is 15.6. The van der Waals surface area contributed by atoms with E-state index in [1.165, 1.54) is 22.3 Å². The highest BCUT2D eigenvalue weighted by atomic mass is 32.1. The fraction of sp³-hybridized carbons (Fsp3) is 0.0909. The largest absolute Gasteiger partial charge is 0.454 e. The molecular weight excluding hydrogens is 372 g/mol. The Balaban J connectivity index is 1.27. The molecule has 5 rings (SSSR count). The highest BCUT2D eigenvalue weighted by Crippen LogP contribution is 2.37. The Bertz CT molecular complexity index is 1130. The zero-order chi connectivity index (χ0) is 19.1. The first-order valence-electron chi connectivity index (χ1n) is 8.90. The third kappa shape index (κ3) is 2.97. The van der Waals surface area contributed by atoms with Crippen molar-refractivity contribution in [1.82, 2.24) is 5.32 Å². The number of hydrogen-bond donors (Lipinski definition) is 2. The smallest absolute Gasteiger partial charge is 0.257 e. The van der Waals surface area contributed by atoms with E-state index in [1.54, 1.807) is 18.2 Å². The number of carbonyl (C=O) groups is 1. The molecule has 0 spiro atoms. The molecule has 5 nitrogen and oxygen atoms in total. The number of anilines is 1. The SMILES string of the molecule is O=C(NC(=S)Nc1ccc2c(c1)Cc1ccccc1-2)c1ccc2c(c1)OCO2. The predicted molar refractivity (Wildman–Crippen MR) is 111 cm³/mol. The van der Waals surface area contributed by atoms with E-state index in [2.05, 4.69) is 47.0 Å². The summed E-state index contributed by atoms with van der Waals surface area (Å²) < 4.78 is 10.6. The Hall–Kier alpha value is -3.38. The summed E-state index contributed by atoms with van der Waals surface area (Å²) in [6, 6.07) is 19.6. The van der Waals surface area contributed by atoms with Crippen LogP contribution in [-0.4, -0.2) is 17.8 Å². The fourth-order valence-corrected chi connectivity index (χ4v) is 3.81. The molecule has 1 aliphatic heterocycles. The van der Waals surface area contributed by atoms with Gasteiger partial charge in [-0.1, -0.05) is 30.3 Å². The van der Waals surface area contributed by atoms with Crippen LogP contribution in [0.15, 0.2) is 60.7 Å². The van der Waals surface area contributed by atoms with Crippen molar-refractivity contribution in [3.63, 3.8) is 0 Å². The van der Waals surface area contributed by atoms with Gasteiger partial charge in [0.1, 0.15) is 0 Å². The lowest BCUT2D eigenvalue weighted by Crippen LogP contribution is -2.34. The number of fused-ring (bicyclic) bond motifs is 4. The van der Waals surface area contributed by atoms with Crippen molar-refractivity contribution in [1.29, 1.82) is 0 Å². The van der Waals surface area contributed by atoms with E-state index in [0.717, 1.165) is 12.1 Å². The van der Waals surface area contributed by atoms with Gasteiger partial charge in [-0.15, -0.1) is 0 Å². The molecule has 0 bridgehead atoms. The first kappa shape index (κ1) is 16.8. The Labute approximate surface area is 167 Å². The van der Waals surface area contributed by atoms with Gasteiger partial charge in [-0.05, 0) is 71.2 Å². The van der Waals surface area contributed by atoms with Gasteiger partial charge in [-0.2, -0.15) is 0 Å². The minimum absolute atomic E-state index is 0.169. The molecule has 2 N–H and O–H groups in total. The van der Waals surface area contributed by atoms with Crippen molar-refractivity contribution in [3.05, 3.63) is 77.4 Å². The van der Waals surface area contributed by atoms with Gasteiger partial charge in [0.05, 0.1) is 0 Å². The number of hydrogen-bond acceptors (Lipinski definition) is 4. The maximum absolute atomic E-state index is 12.4. The number of rotatable bonds is 2. The lowest BCUT2D eigenvalue weighted by molar-refractivity contribution is 0.0977. The summed E-state index contributed by atoms with van der Waals surface area (Å²) in [6.07, 6.45) is 0.900. The highest BCUT2D eigenvalue weighted by molar-refractivity contribution is 7.80. The fourth-order valence-electron chi connectivity index (χ4n) is 3.60. The zero-order valence-electron chi connectivity index (χ0n) is 14.8. The standard InChI is InChI=1S/C22H16N2O3S/c25-21(14-5-8-19-20(11-14)27-12-26-19)24-22(28)23-16-6-7-18-15(10-16)9-13-3-1-2-4-17(13)18/h1-8,10-11H,9,12H2,(H2,23,24,25,28). The summed E-state index contributed by atoms with van der Waals surface area (Å²) in [5.74, 6) is 0.894. The predicted octanol–water partition coefficient (Wildman–Crippen LogP) is 4.11. The van der Waals surface area contributed by atoms with Crippen LogP contribution in [0.25, 0.3) is 11.1 Å². The average Bonchev–Trinajstić information content (AvgIpc) is 3.30. The minimum atomic E-state index is -0.302. The van der Waals surface area contributed by atoms with Crippen LogP contribution in [0, 0.1) is 0 Å². The molecule has 0 atom stereocenters. The van der Waals surface area contributed by atoms with Gasteiger partial charge < -0.3 is 14.8 Å². The number of ether oxygens (including phenoxy) is 2. The van der Waals surface area contributed by atoms with E-state index in [4.69, 9.17) is 21.7 Å². The maximum Gasteiger partial charge on any atom is 0.257 e. The molecule has 1 aliphatic carbocycles. The van der Waals surface area contributed by atoms with Crippen LogP contribution in [-0.2, 0) is 6.42 Å². The average molecular weight is 388 g/mol. The summed E-state index contributed by atoms with van der Waals surface area (Å²) in [6.45, 7) is 0.169. The molecule has 1 heterocycles. The van der Waals surface area contributed by atoms with Gasteiger partial charge in [-0.25, -0.2) is 0 Å². The van der Waals surface area contributed by atoms with Gasteiger partial charge in [0.2, 0.25) is 6.79 Å². The van der Waals surface area contributed by atoms with Crippen molar-refractivity contribution in [2.45, 2.75) is 6.42 Å². The molecule has 3 aromatic carbocycles. The second kappa shape index (κ2) is 6.65. The van der Waals surface area contributed by atoms with Gasteiger partial charge in [-0.3, -0.25) is 10.1 Å². The Morgan fingerprint density at radius 1 is 0.893 bits per heavy atom. The van der Waals surface area contributed by atoms with Gasteiger partial charge in [0.15, 0.2) is 16.6 Å². The molecule has 6 heteroatoms. The van der Waals surface area contributed by atoms with Crippen LogP contribution in [0.4, 0.5) is 5.69 Å². The summed E-state index contributed by atoms with van der Waals surface area (Å²) in [5, 5.41) is 6.05. The third-order valence-corrected chi connectivity index (χ3v) is 5.12. The third-order valence-electron chi connectivity index (χ3n) is 4.91. The topological polar surface area (TPSA) is 59.6 Å². The first-order valence-corrected chi connectivity index (χ1v) is 9.31. The molecule has 138 valence electrons. The van der Waals surface area contributed by atoms with E-state index in [0.29, 0.717) is 17.1 Å². The molecular formula is C22H16N2O3S. The van der Waals surface area contributed by atoms with Crippen molar-refractivity contribution in [3.8, 4) is 22.6 Å². The van der Waals surface area contributed by atoms with Crippen molar-refractivity contribution < 1.29 is 14.3 Å². The van der Waals surface area contributed by atoms with E-state index < -0.39 is 0 Å². The lowest BCUT2D eigenvalue weighted by Gasteiger charge is -2.11. The normalized spacial score (nSPS) is 12.9. The van der Waals surface area contributed by atoms with E-state index in [9.17, 15) is 4.79 Å². The van der Waals surface area contributed by atoms with Gasteiger partial charge in [0, 0.05) is 11.3 Å². The van der Waals surface area contributed by atoms with Crippen LogP contribution >= 0.6 is 12.2 Å². The van der Waals surface area contributed by atoms with Gasteiger partial charge in [0.25, 0.3) is 5.91 Å². The summed E-state index contributed by atoms with van der Waals surface area (Å²) in [4.78, 5) is 12.4. The number of carbonyl (C=O) groups excluding carboxylic acids is 1. The number of amides is 1. The second-order valence-corrected chi connectivity index (χ2v) is 7.09. The summed E-state index contributed by atoms with van der Waals surface area (Å²) in [5.41, 5.74) is 6.41. The Morgan fingerprint density at radius 3 is 2.64 bits per heavy atom. The maximum atomic E-state index is 12.4. The molecule has 3 aromatic rings. The number of benzene rings is 3. The molecule has 28 heavy (non-hydrogen) atoms. The lowest BCUT2D eigenvalue weighted by atomic mass is 10.1. The molecule has 0 saturated carbocycles. The second-order valence-electron chi connectivity index (χ2n) is 6.68. The van der Waals surface area contributed by atoms with Crippen molar-refractivity contribution in [2.24, 2.45) is 0 Å². The van der Waals surface area contributed by atoms with Crippen LogP contribution in [0.3, 0.4) is 0 Å². The molecule has 0 unspecified atom stereocenters. The molecule has 0 aromatic heterocycles. The van der Waals surface area contributed by atoms with E-state index in [-0.39, 0.29) is 17.8 Å². The van der Waals surface area contributed by atoms with Crippen LogP contribution < -0.4 is 20.1 Å². The molecule has 0 radical (unpaired) electrons. The molecule has 2 aliphatic rings. The van der Waals surface area contributed by atoms with Crippen LogP contribution in [0.2, 0.25) is 0 Å². The van der Waals surface area contributed by atoms with Crippen molar-refractivity contribution >= 4 is 28.9 Å². The molecule has 1 amide bonds. The van der Waals surface area contributed by atoms with Crippen LogP contribution in [0.1, 0.15) is 21.5 Å². The first-order chi connectivity index (χ1) is 13.7. The van der Waals surface area contributed by atoms with Gasteiger partial charge >= 0.3 is 0 Å². The Morgan fingerprint density at radius 2 is 1.71 bits per heavy atom. The van der Waals surface area contributed by atoms with Crippen molar-refractivity contribution in [2.75, 3.05) is 12.1 Å². The molecule has 0 fully saturated rings.